The van der Waals surface area contributed by atoms with E-state index in [-0.39, 0.29) is 6.17 Å². The molecular weight excluding hydrogens is 174 g/mol. The third-order valence-corrected chi connectivity index (χ3v) is 2.18. The van der Waals surface area contributed by atoms with Gasteiger partial charge in [-0.1, -0.05) is 30.3 Å². The Balaban J connectivity index is 2.34. The van der Waals surface area contributed by atoms with E-state index in [1.54, 1.807) is 0 Å². The zero-order valence-corrected chi connectivity index (χ0v) is 8.07. The minimum absolute atomic E-state index is 0.164. The van der Waals surface area contributed by atoms with Crippen LogP contribution in [-0.4, -0.2) is 11.9 Å². The van der Waals surface area contributed by atoms with Gasteiger partial charge in [-0.25, -0.2) is 0 Å². The molecule has 0 fully saturated rings. The molecule has 3 N–H and O–H groups in total. The lowest BCUT2D eigenvalue weighted by molar-refractivity contribution is 0.636. The lowest BCUT2D eigenvalue weighted by atomic mass is 10.0. The summed E-state index contributed by atoms with van der Waals surface area (Å²) in [7, 11) is 0. The van der Waals surface area contributed by atoms with Crippen LogP contribution in [0.1, 0.15) is 12.5 Å². The average Bonchev–Trinajstić information content (AvgIpc) is 2.19. The summed E-state index contributed by atoms with van der Waals surface area (Å²) in [6.07, 6.45) is 1.80. The van der Waals surface area contributed by atoms with Crippen LogP contribution < -0.4 is 11.2 Å². The lowest BCUT2D eigenvalue weighted by Gasteiger charge is -2.17. The fourth-order valence-corrected chi connectivity index (χ4v) is 1.50. The van der Waals surface area contributed by atoms with Gasteiger partial charge in [0.25, 0.3) is 0 Å². The number of nitrogens with zero attached hydrogens (tertiary/aromatic N) is 1. The van der Waals surface area contributed by atoms with Crippen molar-refractivity contribution in [1.82, 2.24) is 5.43 Å². The molecule has 1 heterocycles. The molecule has 2 rings (SSSR count). The van der Waals surface area contributed by atoms with E-state index in [0.717, 1.165) is 16.8 Å². The second-order valence-corrected chi connectivity index (χ2v) is 3.33. The largest absolute Gasteiger partial charge is 0.307 e. The van der Waals surface area contributed by atoms with Gasteiger partial charge >= 0.3 is 0 Å². The maximum absolute atomic E-state index is 5.67. The van der Waals surface area contributed by atoms with Gasteiger partial charge in [-0.05, 0) is 18.6 Å². The average molecular weight is 187 g/mol. The Morgan fingerprint density at radius 1 is 1.29 bits per heavy atom. The summed E-state index contributed by atoms with van der Waals surface area (Å²) < 4.78 is 0. The first-order chi connectivity index (χ1) is 6.77. The Hall–Kier alpha value is -1.61. The molecule has 1 aromatic carbocycles. The molecule has 1 aromatic rings. The zero-order valence-electron chi connectivity index (χ0n) is 8.07. The van der Waals surface area contributed by atoms with Gasteiger partial charge < -0.3 is 5.73 Å². The summed E-state index contributed by atoms with van der Waals surface area (Å²) in [4.78, 5) is 0. The van der Waals surface area contributed by atoms with Gasteiger partial charge in [0.15, 0.2) is 0 Å². The van der Waals surface area contributed by atoms with Crippen molar-refractivity contribution in [2.24, 2.45) is 10.8 Å². The molecule has 1 aliphatic heterocycles. The SMILES string of the molecule is CC1=CC(N)NN=C1c1ccccc1. The summed E-state index contributed by atoms with van der Waals surface area (Å²) in [5, 5.41) is 4.24. The molecule has 1 aliphatic rings. The zero-order chi connectivity index (χ0) is 9.97. The number of nitrogens with two attached hydrogens (primary N) is 1. The summed E-state index contributed by atoms with van der Waals surface area (Å²) >= 11 is 0. The topological polar surface area (TPSA) is 50.4 Å². The standard InChI is InChI=1S/C11H13N3/c1-8-7-10(12)13-14-11(8)9-5-3-2-4-6-9/h2-7,10,13H,12H2,1H3. The van der Waals surface area contributed by atoms with Gasteiger partial charge in [-0.2, -0.15) is 5.10 Å². The van der Waals surface area contributed by atoms with Crippen molar-refractivity contribution < 1.29 is 0 Å². The first-order valence-corrected chi connectivity index (χ1v) is 4.60. The monoisotopic (exact) mass is 187 g/mol. The molecule has 3 nitrogen and oxygen atoms in total. The quantitative estimate of drug-likeness (QED) is 0.694. The van der Waals surface area contributed by atoms with Crippen LogP contribution >= 0.6 is 0 Å². The molecule has 0 amide bonds. The predicted molar refractivity (Wildman–Crippen MR) is 57.8 cm³/mol. The Morgan fingerprint density at radius 2 is 2.00 bits per heavy atom. The van der Waals surface area contributed by atoms with Crippen molar-refractivity contribution in [1.29, 1.82) is 0 Å². The molecule has 3 heteroatoms. The number of allylic oxidation sites excluding steroid dienone is 1. The van der Waals surface area contributed by atoms with Crippen molar-refractivity contribution in [3.8, 4) is 0 Å². The summed E-state index contributed by atoms with van der Waals surface area (Å²) in [6.45, 7) is 2.02. The van der Waals surface area contributed by atoms with Crippen LogP contribution in [-0.2, 0) is 0 Å². The molecule has 1 unspecified atom stereocenters. The highest BCUT2D eigenvalue weighted by Gasteiger charge is 2.11. The van der Waals surface area contributed by atoms with Crippen LogP contribution in [0, 0.1) is 0 Å². The van der Waals surface area contributed by atoms with Crippen LogP contribution in [0.2, 0.25) is 0 Å². The second kappa shape index (κ2) is 3.64. The highest BCUT2D eigenvalue weighted by molar-refractivity contribution is 6.12. The third-order valence-electron chi connectivity index (χ3n) is 2.18. The van der Waals surface area contributed by atoms with Crippen molar-refractivity contribution in [2.45, 2.75) is 13.1 Å². The minimum atomic E-state index is -0.164. The summed E-state index contributed by atoms with van der Waals surface area (Å²) in [6, 6.07) is 10.1. The van der Waals surface area contributed by atoms with Gasteiger partial charge in [0.2, 0.25) is 0 Å². The van der Waals surface area contributed by atoms with Crippen LogP contribution in [0.15, 0.2) is 47.1 Å². The first kappa shape index (κ1) is 8.97. The van der Waals surface area contributed by atoms with E-state index in [4.69, 9.17) is 5.73 Å². The second-order valence-electron chi connectivity index (χ2n) is 3.33. The Kier molecular flexibility index (Phi) is 2.33. The van der Waals surface area contributed by atoms with Crippen molar-refractivity contribution in [2.75, 3.05) is 0 Å². The van der Waals surface area contributed by atoms with E-state index in [1.165, 1.54) is 0 Å². The van der Waals surface area contributed by atoms with Crippen LogP contribution in [0.4, 0.5) is 0 Å². The van der Waals surface area contributed by atoms with Crippen molar-refractivity contribution in [3.63, 3.8) is 0 Å². The van der Waals surface area contributed by atoms with E-state index >= 15 is 0 Å². The number of nitrogens with one attached hydrogen (secondary N) is 1. The highest BCUT2D eigenvalue weighted by atomic mass is 15.3. The molecular formula is C11H13N3. The summed E-state index contributed by atoms with van der Waals surface area (Å²) in [5.41, 5.74) is 11.7. The van der Waals surface area contributed by atoms with E-state index < -0.39 is 0 Å². The maximum atomic E-state index is 5.67. The smallest absolute Gasteiger partial charge is 0.110 e. The number of benzene rings is 1. The Morgan fingerprint density at radius 3 is 2.64 bits per heavy atom. The summed E-state index contributed by atoms with van der Waals surface area (Å²) in [5.74, 6) is 0. The molecule has 1 atom stereocenters. The van der Waals surface area contributed by atoms with Crippen LogP contribution in [0.25, 0.3) is 0 Å². The minimum Gasteiger partial charge on any atom is -0.307 e. The van der Waals surface area contributed by atoms with Gasteiger partial charge in [0.05, 0.1) is 5.71 Å². The molecule has 0 aromatic heterocycles. The Bertz CT molecular complexity index is 379. The molecule has 14 heavy (non-hydrogen) atoms. The fourth-order valence-electron chi connectivity index (χ4n) is 1.50. The Labute approximate surface area is 83.3 Å². The molecule has 0 bridgehead atoms. The highest BCUT2D eigenvalue weighted by Crippen LogP contribution is 2.11. The van der Waals surface area contributed by atoms with Gasteiger partial charge in [0.1, 0.15) is 6.17 Å². The molecule has 0 saturated heterocycles. The first-order valence-electron chi connectivity index (χ1n) is 4.60. The van der Waals surface area contributed by atoms with Gasteiger partial charge in [-0.15, -0.1) is 0 Å². The van der Waals surface area contributed by atoms with E-state index in [1.807, 2.05) is 43.3 Å². The van der Waals surface area contributed by atoms with Crippen LogP contribution in [0.5, 0.6) is 0 Å². The molecule has 0 radical (unpaired) electrons. The normalized spacial score (nSPS) is 20.9. The van der Waals surface area contributed by atoms with Gasteiger partial charge in [-0.3, -0.25) is 5.43 Å². The van der Waals surface area contributed by atoms with Gasteiger partial charge in [0, 0.05) is 5.56 Å². The maximum Gasteiger partial charge on any atom is 0.110 e. The van der Waals surface area contributed by atoms with E-state index in [0.29, 0.717) is 0 Å². The van der Waals surface area contributed by atoms with E-state index in [9.17, 15) is 0 Å². The number of hydrogen-bond donors (Lipinski definition) is 2. The molecule has 0 saturated carbocycles. The lowest BCUT2D eigenvalue weighted by Crippen LogP contribution is -2.36. The van der Waals surface area contributed by atoms with E-state index in [2.05, 4.69) is 10.5 Å². The molecule has 0 spiro atoms. The van der Waals surface area contributed by atoms with Crippen molar-refractivity contribution >= 4 is 5.71 Å². The predicted octanol–water partition coefficient (Wildman–Crippen LogP) is 1.22. The molecule has 72 valence electrons. The van der Waals surface area contributed by atoms with Crippen LogP contribution in [0.3, 0.4) is 0 Å². The fraction of sp³-hybridized carbons (Fsp3) is 0.182. The number of rotatable bonds is 1. The van der Waals surface area contributed by atoms with Crippen molar-refractivity contribution in [3.05, 3.63) is 47.5 Å². The molecule has 0 aliphatic carbocycles. The third kappa shape index (κ3) is 1.67. The number of hydrogen-bond acceptors (Lipinski definition) is 3. The number of hydrazone groups is 1.